The molecule has 0 spiro atoms. The van der Waals surface area contributed by atoms with E-state index in [9.17, 15) is 8.42 Å². The predicted molar refractivity (Wildman–Crippen MR) is 116 cm³/mol. The van der Waals surface area contributed by atoms with Crippen molar-refractivity contribution in [2.24, 2.45) is 4.99 Å². The molecular formula is C18H30IN3O2S. The molecule has 142 valence electrons. The Kier molecular flexibility index (Phi) is 10.4. The average Bonchev–Trinajstić information content (AvgIpc) is 2.90. The van der Waals surface area contributed by atoms with Crippen molar-refractivity contribution in [3.8, 4) is 0 Å². The van der Waals surface area contributed by atoms with E-state index in [2.05, 4.69) is 39.9 Å². The number of nitrogens with one attached hydrogen (secondary N) is 2. The van der Waals surface area contributed by atoms with E-state index in [0.717, 1.165) is 38.3 Å². The van der Waals surface area contributed by atoms with Gasteiger partial charge in [-0.1, -0.05) is 36.8 Å². The number of halogens is 1. The van der Waals surface area contributed by atoms with Gasteiger partial charge in [0.25, 0.3) is 0 Å². The third kappa shape index (κ3) is 8.89. The van der Waals surface area contributed by atoms with E-state index in [1.165, 1.54) is 12.0 Å². The highest BCUT2D eigenvalue weighted by Gasteiger charge is 2.28. The minimum Gasteiger partial charge on any atom is -0.357 e. The Labute approximate surface area is 169 Å². The van der Waals surface area contributed by atoms with Crippen molar-refractivity contribution in [2.75, 3.05) is 24.6 Å². The van der Waals surface area contributed by atoms with Gasteiger partial charge in [-0.05, 0) is 38.2 Å². The molecule has 0 bridgehead atoms. The number of sulfone groups is 1. The van der Waals surface area contributed by atoms with E-state index >= 15 is 0 Å². The van der Waals surface area contributed by atoms with Crippen molar-refractivity contribution in [1.29, 1.82) is 0 Å². The van der Waals surface area contributed by atoms with Crippen LogP contribution in [0.2, 0.25) is 0 Å². The summed E-state index contributed by atoms with van der Waals surface area (Å²) in [5.74, 6) is 1.24. The minimum absolute atomic E-state index is 0. The fraction of sp³-hybridized carbons (Fsp3) is 0.611. The van der Waals surface area contributed by atoms with Gasteiger partial charge in [-0.15, -0.1) is 24.0 Å². The highest BCUT2D eigenvalue weighted by Crippen LogP contribution is 2.11. The van der Waals surface area contributed by atoms with Crippen molar-refractivity contribution in [3.63, 3.8) is 0 Å². The summed E-state index contributed by atoms with van der Waals surface area (Å²) in [6.45, 7) is 3.56. The van der Waals surface area contributed by atoms with Crippen LogP contribution in [0.1, 0.15) is 38.2 Å². The average molecular weight is 479 g/mol. The lowest BCUT2D eigenvalue weighted by molar-refractivity contribution is 0.599. The van der Waals surface area contributed by atoms with Crippen LogP contribution in [0.25, 0.3) is 0 Å². The molecule has 1 aliphatic heterocycles. The lowest BCUT2D eigenvalue weighted by Crippen LogP contribution is -2.44. The number of rotatable bonds is 8. The summed E-state index contributed by atoms with van der Waals surface area (Å²) in [5, 5.41) is 6.45. The van der Waals surface area contributed by atoms with E-state index in [1.807, 2.05) is 13.0 Å². The van der Waals surface area contributed by atoms with Gasteiger partial charge in [-0.2, -0.15) is 0 Å². The highest BCUT2D eigenvalue weighted by molar-refractivity contribution is 14.0. The highest BCUT2D eigenvalue weighted by atomic mass is 127. The zero-order valence-electron chi connectivity index (χ0n) is 14.9. The summed E-state index contributed by atoms with van der Waals surface area (Å²) in [6.07, 6.45) is 5.15. The Bertz CT molecular complexity index is 620. The van der Waals surface area contributed by atoms with Gasteiger partial charge >= 0.3 is 0 Å². The van der Waals surface area contributed by atoms with Crippen molar-refractivity contribution in [2.45, 2.75) is 45.1 Å². The summed E-state index contributed by atoms with van der Waals surface area (Å²) in [6, 6.07) is 10.5. The molecular weight excluding hydrogens is 449 g/mol. The van der Waals surface area contributed by atoms with Crippen molar-refractivity contribution >= 4 is 39.8 Å². The molecule has 25 heavy (non-hydrogen) atoms. The Hall–Kier alpha value is -0.830. The molecule has 1 aromatic rings. The van der Waals surface area contributed by atoms with E-state index in [-0.39, 0.29) is 41.5 Å². The summed E-state index contributed by atoms with van der Waals surface area (Å²) < 4.78 is 23.1. The third-order valence-corrected chi connectivity index (χ3v) is 5.92. The molecule has 1 fully saturated rings. The minimum atomic E-state index is -2.86. The second-order valence-electron chi connectivity index (χ2n) is 6.30. The maximum Gasteiger partial charge on any atom is 0.191 e. The van der Waals surface area contributed by atoms with Crippen LogP contribution in [0.5, 0.6) is 0 Å². The number of nitrogens with zero attached hydrogens (tertiary/aromatic N) is 1. The molecule has 0 amide bonds. The van der Waals surface area contributed by atoms with Crippen molar-refractivity contribution in [1.82, 2.24) is 10.6 Å². The zero-order valence-corrected chi connectivity index (χ0v) is 18.1. The van der Waals surface area contributed by atoms with Crippen LogP contribution in [0.15, 0.2) is 35.3 Å². The van der Waals surface area contributed by atoms with Gasteiger partial charge in [-0.3, -0.25) is 4.99 Å². The summed E-state index contributed by atoms with van der Waals surface area (Å²) in [5.41, 5.74) is 1.39. The lowest BCUT2D eigenvalue weighted by Gasteiger charge is -2.15. The molecule has 1 heterocycles. The van der Waals surface area contributed by atoms with E-state index < -0.39 is 9.84 Å². The number of hydrogen-bond acceptors (Lipinski definition) is 3. The largest absolute Gasteiger partial charge is 0.357 e. The third-order valence-electron chi connectivity index (χ3n) is 4.15. The number of hydrogen-bond donors (Lipinski definition) is 2. The molecule has 0 aromatic heterocycles. The molecule has 7 heteroatoms. The van der Waals surface area contributed by atoms with Crippen LogP contribution in [0.4, 0.5) is 0 Å². The first-order valence-corrected chi connectivity index (χ1v) is 10.7. The van der Waals surface area contributed by atoms with Crippen molar-refractivity contribution < 1.29 is 8.42 Å². The Morgan fingerprint density at radius 1 is 1.20 bits per heavy atom. The number of aliphatic imine (C=N–C) groups is 1. The fourth-order valence-electron chi connectivity index (χ4n) is 2.88. The van der Waals surface area contributed by atoms with Crippen LogP contribution in [0, 0.1) is 0 Å². The van der Waals surface area contributed by atoms with E-state index in [4.69, 9.17) is 0 Å². The topological polar surface area (TPSA) is 70.6 Å². The quantitative estimate of drug-likeness (QED) is 0.261. The monoisotopic (exact) mass is 479 g/mol. The van der Waals surface area contributed by atoms with Crippen LogP contribution in [-0.4, -0.2) is 45.0 Å². The molecule has 2 rings (SSSR count). The maximum absolute atomic E-state index is 11.5. The van der Waals surface area contributed by atoms with Gasteiger partial charge in [0.2, 0.25) is 0 Å². The molecule has 0 radical (unpaired) electrons. The lowest BCUT2D eigenvalue weighted by atomic mass is 10.1. The summed E-state index contributed by atoms with van der Waals surface area (Å²) >= 11 is 0. The van der Waals surface area contributed by atoms with Crippen LogP contribution in [0.3, 0.4) is 0 Å². The fourth-order valence-corrected chi connectivity index (χ4v) is 4.55. The number of aryl methyl sites for hydroxylation is 1. The second kappa shape index (κ2) is 11.7. The molecule has 1 atom stereocenters. The first-order valence-electron chi connectivity index (χ1n) is 8.88. The molecule has 1 unspecified atom stereocenters. The molecule has 0 aliphatic carbocycles. The van der Waals surface area contributed by atoms with Crippen LogP contribution < -0.4 is 10.6 Å². The normalized spacial score (nSPS) is 19.2. The standard InChI is InChI=1S/C18H29N3O2S.HI/c1-2-19-18(21-17-12-14-24(22,23)15-17)20-13-8-4-7-11-16-9-5-3-6-10-16;/h3,5-6,9-10,17H,2,4,7-8,11-15H2,1H3,(H2,19,20,21);1H. The molecule has 2 N–H and O–H groups in total. The number of guanidine groups is 1. The van der Waals surface area contributed by atoms with Gasteiger partial charge < -0.3 is 10.6 Å². The zero-order chi connectivity index (χ0) is 17.3. The number of benzene rings is 1. The smallest absolute Gasteiger partial charge is 0.191 e. The van der Waals surface area contributed by atoms with Crippen LogP contribution >= 0.6 is 24.0 Å². The van der Waals surface area contributed by atoms with E-state index in [0.29, 0.717) is 6.42 Å². The molecule has 1 aliphatic rings. The predicted octanol–water partition coefficient (Wildman–Crippen LogP) is 2.76. The number of unbranched alkanes of at least 4 members (excludes halogenated alkanes) is 2. The van der Waals surface area contributed by atoms with Crippen molar-refractivity contribution in [3.05, 3.63) is 35.9 Å². The van der Waals surface area contributed by atoms with Crippen LogP contribution in [-0.2, 0) is 16.3 Å². The molecule has 0 saturated carbocycles. The maximum atomic E-state index is 11.5. The first kappa shape index (κ1) is 22.2. The second-order valence-corrected chi connectivity index (χ2v) is 8.53. The SMILES string of the molecule is CCNC(=NCCCCCc1ccccc1)NC1CCS(=O)(=O)C1.I. The van der Waals surface area contributed by atoms with Gasteiger partial charge in [-0.25, -0.2) is 8.42 Å². The van der Waals surface area contributed by atoms with E-state index in [1.54, 1.807) is 0 Å². The van der Waals surface area contributed by atoms with Gasteiger partial charge in [0, 0.05) is 19.1 Å². The van der Waals surface area contributed by atoms with Gasteiger partial charge in [0.1, 0.15) is 0 Å². The molecule has 1 aromatic carbocycles. The Morgan fingerprint density at radius 3 is 2.60 bits per heavy atom. The molecule has 1 saturated heterocycles. The Balaban J connectivity index is 0.00000312. The van der Waals surface area contributed by atoms with Gasteiger partial charge in [0.05, 0.1) is 11.5 Å². The molecule has 5 nitrogen and oxygen atoms in total. The summed E-state index contributed by atoms with van der Waals surface area (Å²) in [4.78, 5) is 4.57. The first-order chi connectivity index (χ1) is 11.6. The summed E-state index contributed by atoms with van der Waals surface area (Å²) in [7, 11) is -2.86. The Morgan fingerprint density at radius 2 is 1.96 bits per heavy atom. The van der Waals surface area contributed by atoms with Gasteiger partial charge in [0.15, 0.2) is 15.8 Å².